The van der Waals surface area contributed by atoms with Gasteiger partial charge in [0.05, 0.1) is 11.4 Å². The first-order chi connectivity index (χ1) is 6.56. The lowest BCUT2D eigenvalue weighted by Crippen LogP contribution is -2.23. The lowest BCUT2D eigenvalue weighted by atomic mass is 10.3. The molecule has 4 nitrogen and oxygen atoms in total. The van der Waals surface area contributed by atoms with Crippen LogP contribution in [0, 0.1) is 12.3 Å². The fourth-order valence-corrected chi connectivity index (χ4v) is 1.78. The highest BCUT2D eigenvalue weighted by atomic mass is 32.2. The zero-order valence-electron chi connectivity index (χ0n) is 7.27. The number of hydrogen-bond donors (Lipinski definition) is 2. The molecule has 0 radical (unpaired) electrons. The van der Waals surface area contributed by atoms with Crippen LogP contribution < -0.4 is 4.72 Å². The van der Waals surface area contributed by atoms with Gasteiger partial charge in [0.2, 0.25) is 10.0 Å². The third kappa shape index (κ3) is 2.49. The molecule has 0 saturated heterocycles. The monoisotopic (exact) mass is 211 g/mol. The molecule has 0 atom stereocenters. The molecular formula is C9H9NO3S. The van der Waals surface area contributed by atoms with Gasteiger partial charge in [0.15, 0.2) is 0 Å². The Kier molecular flexibility index (Phi) is 3.12. The quantitative estimate of drug-likeness (QED) is 0.707. The van der Waals surface area contributed by atoms with Crippen LogP contribution in [0.1, 0.15) is 0 Å². The van der Waals surface area contributed by atoms with Crippen LogP contribution in [0.25, 0.3) is 0 Å². The van der Waals surface area contributed by atoms with Crippen molar-refractivity contribution in [3.05, 3.63) is 24.3 Å². The van der Waals surface area contributed by atoms with Crippen molar-refractivity contribution in [2.24, 2.45) is 0 Å². The molecular weight excluding hydrogens is 202 g/mol. The maximum Gasteiger partial charge on any atom is 0.241 e. The summed E-state index contributed by atoms with van der Waals surface area (Å²) in [4.78, 5) is 0.0746. The van der Waals surface area contributed by atoms with E-state index in [9.17, 15) is 8.42 Å². The van der Waals surface area contributed by atoms with Gasteiger partial charge in [-0.1, -0.05) is 5.92 Å². The van der Waals surface area contributed by atoms with Crippen molar-refractivity contribution in [3.63, 3.8) is 0 Å². The van der Waals surface area contributed by atoms with Crippen LogP contribution >= 0.6 is 0 Å². The molecule has 1 aromatic carbocycles. The smallest absolute Gasteiger partial charge is 0.241 e. The molecule has 1 aromatic rings. The van der Waals surface area contributed by atoms with Gasteiger partial charge in [-0.2, -0.15) is 4.72 Å². The maximum absolute atomic E-state index is 11.4. The third-order valence-corrected chi connectivity index (χ3v) is 2.93. The first-order valence-electron chi connectivity index (χ1n) is 3.78. The first-order valence-corrected chi connectivity index (χ1v) is 5.27. The molecule has 0 aliphatic rings. The van der Waals surface area contributed by atoms with E-state index in [1.54, 1.807) is 0 Å². The molecule has 0 bridgehead atoms. The van der Waals surface area contributed by atoms with E-state index < -0.39 is 10.0 Å². The molecule has 1 rings (SSSR count). The van der Waals surface area contributed by atoms with E-state index in [1.165, 1.54) is 24.3 Å². The molecule has 2 N–H and O–H groups in total. The summed E-state index contributed by atoms with van der Waals surface area (Å²) < 4.78 is 25.0. The summed E-state index contributed by atoms with van der Waals surface area (Å²) in [6.07, 6.45) is 4.92. The Bertz CT molecular complexity index is 442. The molecule has 14 heavy (non-hydrogen) atoms. The van der Waals surface area contributed by atoms with Gasteiger partial charge in [-0.25, -0.2) is 8.42 Å². The number of aromatic hydroxyl groups is 1. The van der Waals surface area contributed by atoms with Gasteiger partial charge in [-0.05, 0) is 24.3 Å². The molecule has 0 aromatic heterocycles. The first kappa shape index (κ1) is 10.6. The molecule has 0 heterocycles. The van der Waals surface area contributed by atoms with Gasteiger partial charge in [0.25, 0.3) is 0 Å². The predicted octanol–water partition coefficient (Wildman–Crippen LogP) is 0.304. The average molecular weight is 211 g/mol. The van der Waals surface area contributed by atoms with Crippen LogP contribution in [-0.2, 0) is 10.0 Å². The second-order valence-corrected chi connectivity index (χ2v) is 4.29. The normalized spacial score (nSPS) is 10.8. The summed E-state index contributed by atoms with van der Waals surface area (Å²) in [7, 11) is -3.54. The summed E-state index contributed by atoms with van der Waals surface area (Å²) >= 11 is 0. The summed E-state index contributed by atoms with van der Waals surface area (Å²) in [5.41, 5.74) is 0. The zero-order chi connectivity index (χ0) is 10.6. The SMILES string of the molecule is C#CCNS(=O)(=O)c1ccc(O)cc1. The summed E-state index contributed by atoms with van der Waals surface area (Å²) in [6.45, 7) is -0.0524. The number of terminal acetylenes is 1. The van der Waals surface area contributed by atoms with Gasteiger partial charge < -0.3 is 5.11 Å². The minimum atomic E-state index is -3.54. The maximum atomic E-state index is 11.4. The predicted molar refractivity (Wildman–Crippen MR) is 52.1 cm³/mol. The van der Waals surface area contributed by atoms with Crippen molar-refractivity contribution in [3.8, 4) is 18.1 Å². The van der Waals surface area contributed by atoms with E-state index in [0.29, 0.717) is 0 Å². The lowest BCUT2D eigenvalue weighted by Gasteiger charge is -2.03. The van der Waals surface area contributed by atoms with E-state index in [1.807, 2.05) is 0 Å². The molecule has 0 fully saturated rings. The fourth-order valence-electron chi connectivity index (χ4n) is 0.845. The Morgan fingerprint density at radius 1 is 1.36 bits per heavy atom. The fraction of sp³-hybridized carbons (Fsp3) is 0.111. The molecule has 74 valence electrons. The molecule has 0 saturated carbocycles. The highest BCUT2D eigenvalue weighted by Gasteiger charge is 2.11. The third-order valence-electron chi connectivity index (χ3n) is 1.51. The van der Waals surface area contributed by atoms with Crippen LogP contribution in [0.5, 0.6) is 5.75 Å². The van der Waals surface area contributed by atoms with E-state index >= 15 is 0 Å². The Morgan fingerprint density at radius 3 is 2.43 bits per heavy atom. The molecule has 0 unspecified atom stereocenters. The van der Waals surface area contributed by atoms with Crippen molar-refractivity contribution < 1.29 is 13.5 Å². The van der Waals surface area contributed by atoms with Gasteiger partial charge in [-0.3, -0.25) is 0 Å². The van der Waals surface area contributed by atoms with Crippen molar-refractivity contribution in [1.29, 1.82) is 0 Å². The van der Waals surface area contributed by atoms with Crippen LogP contribution in [0.3, 0.4) is 0 Å². The van der Waals surface area contributed by atoms with E-state index in [-0.39, 0.29) is 17.2 Å². The van der Waals surface area contributed by atoms with E-state index in [4.69, 9.17) is 11.5 Å². The van der Waals surface area contributed by atoms with Gasteiger partial charge in [0.1, 0.15) is 5.75 Å². The van der Waals surface area contributed by atoms with Crippen molar-refractivity contribution in [1.82, 2.24) is 4.72 Å². The molecule has 0 aliphatic carbocycles. The Labute approximate surface area is 82.6 Å². The second-order valence-electron chi connectivity index (χ2n) is 2.52. The van der Waals surface area contributed by atoms with Crippen LogP contribution in [-0.4, -0.2) is 20.1 Å². The van der Waals surface area contributed by atoms with Gasteiger partial charge in [-0.15, -0.1) is 6.42 Å². The van der Waals surface area contributed by atoms with E-state index in [2.05, 4.69) is 10.6 Å². The summed E-state index contributed by atoms with van der Waals surface area (Å²) in [5, 5.41) is 8.95. The highest BCUT2D eigenvalue weighted by Crippen LogP contribution is 2.13. The van der Waals surface area contributed by atoms with E-state index in [0.717, 1.165) is 0 Å². The number of phenolic OH excluding ortho intramolecular Hbond substituents is 1. The second kappa shape index (κ2) is 4.13. The molecule has 0 aliphatic heterocycles. The minimum absolute atomic E-state index is 0.0147. The summed E-state index contributed by atoms with van der Waals surface area (Å²) in [5.74, 6) is 2.18. The molecule has 5 heteroatoms. The Morgan fingerprint density at radius 2 is 1.93 bits per heavy atom. The summed E-state index contributed by atoms with van der Waals surface area (Å²) in [6, 6.07) is 5.19. The van der Waals surface area contributed by atoms with Crippen molar-refractivity contribution in [2.75, 3.05) is 6.54 Å². The van der Waals surface area contributed by atoms with Crippen LogP contribution in [0.15, 0.2) is 29.2 Å². The molecule has 0 amide bonds. The van der Waals surface area contributed by atoms with Gasteiger partial charge >= 0.3 is 0 Å². The van der Waals surface area contributed by atoms with Crippen molar-refractivity contribution >= 4 is 10.0 Å². The number of sulfonamides is 1. The minimum Gasteiger partial charge on any atom is -0.508 e. The Balaban J connectivity index is 2.94. The molecule has 0 spiro atoms. The largest absolute Gasteiger partial charge is 0.508 e. The number of nitrogens with one attached hydrogen (secondary N) is 1. The average Bonchev–Trinajstić information content (AvgIpc) is 2.16. The van der Waals surface area contributed by atoms with Crippen LogP contribution in [0.4, 0.5) is 0 Å². The van der Waals surface area contributed by atoms with Gasteiger partial charge in [0, 0.05) is 0 Å². The standard InChI is InChI=1S/C9H9NO3S/c1-2-7-10-14(12,13)9-5-3-8(11)4-6-9/h1,3-6,10-11H,7H2. The number of benzene rings is 1. The number of phenols is 1. The topological polar surface area (TPSA) is 66.4 Å². The highest BCUT2D eigenvalue weighted by molar-refractivity contribution is 7.89. The Hall–Kier alpha value is -1.51. The van der Waals surface area contributed by atoms with Crippen LogP contribution in [0.2, 0.25) is 0 Å². The lowest BCUT2D eigenvalue weighted by molar-refractivity contribution is 0.474. The number of hydrogen-bond acceptors (Lipinski definition) is 3. The number of rotatable bonds is 3. The van der Waals surface area contributed by atoms with Crippen molar-refractivity contribution in [2.45, 2.75) is 4.90 Å². The zero-order valence-corrected chi connectivity index (χ0v) is 8.08.